The molecule has 0 aliphatic rings. The summed E-state index contributed by atoms with van der Waals surface area (Å²) in [7, 11) is 1.69. The fraction of sp³-hybridized carbons (Fsp3) is 0.167. The number of nitrogens with one attached hydrogen (secondary N) is 1. The van der Waals surface area contributed by atoms with Gasteiger partial charge >= 0.3 is 0 Å². The average Bonchev–Trinajstić information content (AvgIpc) is 2.79. The van der Waals surface area contributed by atoms with Gasteiger partial charge in [0.05, 0.1) is 12.6 Å². The minimum atomic E-state index is 0.833. The van der Waals surface area contributed by atoms with Gasteiger partial charge in [0.25, 0.3) is 0 Å². The van der Waals surface area contributed by atoms with E-state index in [1.54, 1.807) is 13.4 Å². The SMILES string of the molecule is COc1ccc(CSc2ccc(CCNc3ncnc4ccccc34)cc2)cc1. The van der Waals surface area contributed by atoms with Crippen molar-refractivity contribution >= 4 is 28.5 Å². The van der Waals surface area contributed by atoms with Gasteiger partial charge in [-0.05, 0) is 53.9 Å². The fourth-order valence-electron chi connectivity index (χ4n) is 3.11. The molecule has 4 aromatic rings. The van der Waals surface area contributed by atoms with E-state index in [2.05, 4.69) is 51.7 Å². The molecule has 0 radical (unpaired) electrons. The molecule has 29 heavy (non-hydrogen) atoms. The normalized spacial score (nSPS) is 10.8. The van der Waals surface area contributed by atoms with Crippen LogP contribution in [0.25, 0.3) is 10.9 Å². The minimum Gasteiger partial charge on any atom is -0.497 e. The highest BCUT2D eigenvalue weighted by molar-refractivity contribution is 7.98. The zero-order chi connectivity index (χ0) is 19.9. The number of ether oxygens (including phenoxy) is 1. The lowest BCUT2D eigenvalue weighted by molar-refractivity contribution is 0.414. The second-order valence-corrected chi connectivity index (χ2v) is 7.75. The van der Waals surface area contributed by atoms with Crippen LogP contribution in [0.15, 0.2) is 84.0 Å². The molecule has 0 atom stereocenters. The zero-order valence-electron chi connectivity index (χ0n) is 16.3. The van der Waals surface area contributed by atoms with E-state index in [-0.39, 0.29) is 0 Å². The van der Waals surface area contributed by atoms with E-state index < -0.39 is 0 Å². The Morgan fingerprint density at radius 2 is 1.62 bits per heavy atom. The number of thioether (sulfide) groups is 1. The van der Waals surface area contributed by atoms with Crippen molar-refractivity contribution in [2.75, 3.05) is 19.0 Å². The van der Waals surface area contributed by atoms with Gasteiger partial charge in [-0.25, -0.2) is 9.97 Å². The molecule has 0 saturated carbocycles. The number of hydrogen-bond acceptors (Lipinski definition) is 5. The highest BCUT2D eigenvalue weighted by Gasteiger charge is 2.03. The number of rotatable bonds is 8. The lowest BCUT2D eigenvalue weighted by atomic mass is 10.1. The predicted molar refractivity (Wildman–Crippen MR) is 121 cm³/mol. The maximum Gasteiger partial charge on any atom is 0.137 e. The van der Waals surface area contributed by atoms with Crippen LogP contribution in [-0.4, -0.2) is 23.6 Å². The third kappa shape index (κ3) is 5.06. The van der Waals surface area contributed by atoms with Crippen LogP contribution in [0.2, 0.25) is 0 Å². The van der Waals surface area contributed by atoms with Crippen LogP contribution in [0.4, 0.5) is 5.82 Å². The Hall–Kier alpha value is -3.05. The average molecular weight is 402 g/mol. The Bertz CT molecular complexity index is 1060. The molecule has 0 bridgehead atoms. The first kappa shape index (κ1) is 19.3. The smallest absolute Gasteiger partial charge is 0.137 e. The Kier molecular flexibility index (Phi) is 6.27. The van der Waals surface area contributed by atoms with Gasteiger partial charge in [0.15, 0.2) is 0 Å². The van der Waals surface area contributed by atoms with E-state index in [9.17, 15) is 0 Å². The quantitative estimate of drug-likeness (QED) is 0.390. The predicted octanol–water partition coefficient (Wildman–Crippen LogP) is 5.59. The molecule has 0 unspecified atom stereocenters. The molecule has 0 saturated heterocycles. The summed E-state index contributed by atoms with van der Waals surface area (Å²) in [5.74, 6) is 2.74. The molecular weight excluding hydrogens is 378 g/mol. The summed E-state index contributed by atoms with van der Waals surface area (Å²) in [6.45, 7) is 0.833. The molecule has 1 aromatic heterocycles. The van der Waals surface area contributed by atoms with Crippen molar-refractivity contribution in [2.24, 2.45) is 0 Å². The van der Waals surface area contributed by atoms with Crippen LogP contribution in [0.1, 0.15) is 11.1 Å². The van der Waals surface area contributed by atoms with Gasteiger partial charge in [-0.3, -0.25) is 0 Å². The van der Waals surface area contributed by atoms with Crippen molar-refractivity contribution in [1.82, 2.24) is 9.97 Å². The second-order valence-electron chi connectivity index (χ2n) is 6.70. The monoisotopic (exact) mass is 401 g/mol. The summed E-state index contributed by atoms with van der Waals surface area (Å²) < 4.78 is 5.21. The van der Waals surface area contributed by atoms with Crippen LogP contribution in [0.5, 0.6) is 5.75 Å². The van der Waals surface area contributed by atoms with Crippen LogP contribution in [-0.2, 0) is 12.2 Å². The van der Waals surface area contributed by atoms with Crippen LogP contribution >= 0.6 is 11.8 Å². The summed E-state index contributed by atoms with van der Waals surface area (Å²) in [6, 6.07) is 25.1. The van der Waals surface area contributed by atoms with E-state index in [1.807, 2.05) is 48.2 Å². The summed E-state index contributed by atoms with van der Waals surface area (Å²) in [5.41, 5.74) is 3.56. The van der Waals surface area contributed by atoms with Gasteiger partial charge in [-0.1, -0.05) is 36.4 Å². The molecule has 4 nitrogen and oxygen atoms in total. The number of nitrogens with zero attached hydrogens (tertiary/aromatic N) is 2. The Morgan fingerprint density at radius 1 is 0.862 bits per heavy atom. The first-order chi connectivity index (χ1) is 14.3. The fourth-order valence-corrected chi connectivity index (χ4v) is 3.97. The van der Waals surface area contributed by atoms with Gasteiger partial charge in [-0.2, -0.15) is 0 Å². The molecule has 0 amide bonds. The van der Waals surface area contributed by atoms with Crippen molar-refractivity contribution in [3.63, 3.8) is 0 Å². The van der Waals surface area contributed by atoms with E-state index in [0.717, 1.165) is 41.2 Å². The molecule has 1 N–H and O–H groups in total. The van der Waals surface area contributed by atoms with Crippen molar-refractivity contribution in [3.8, 4) is 5.75 Å². The van der Waals surface area contributed by atoms with E-state index in [4.69, 9.17) is 4.74 Å². The standard InChI is InChI=1S/C24H23N3OS/c1-28-20-10-6-19(7-11-20)16-29-21-12-8-18(9-13-21)14-15-25-24-22-4-2-3-5-23(22)26-17-27-24/h2-13,17H,14-16H2,1H3,(H,25,26,27). The highest BCUT2D eigenvalue weighted by Crippen LogP contribution is 2.24. The number of para-hydroxylation sites is 1. The topological polar surface area (TPSA) is 47.0 Å². The zero-order valence-corrected chi connectivity index (χ0v) is 17.2. The van der Waals surface area contributed by atoms with Gasteiger partial charge < -0.3 is 10.1 Å². The van der Waals surface area contributed by atoms with Gasteiger partial charge in [0, 0.05) is 22.6 Å². The van der Waals surface area contributed by atoms with E-state index in [1.165, 1.54) is 16.0 Å². The number of aromatic nitrogens is 2. The molecule has 0 spiro atoms. The van der Waals surface area contributed by atoms with Gasteiger partial charge in [-0.15, -0.1) is 11.8 Å². The second kappa shape index (κ2) is 9.43. The summed E-state index contributed by atoms with van der Waals surface area (Å²) in [5, 5.41) is 4.50. The molecule has 5 heteroatoms. The van der Waals surface area contributed by atoms with Crippen molar-refractivity contribution < 1.29 is 4.74 Å². The van der Waals surface area contributed by atoms with Crippen LogP contribution in [0, 0.1) is 0 Å². The maximum atomic E-state index is 5.21. The number of methoxy groups -OCH3 is 1. The number of benzene rings is 3. The maximum absolute atomic E-state index is 5.21. The summed E-state index contributed by atoms with van der Waals surface area (Å²) in [6.07, 6.45) is 2.56. The largest absolute Gasteiger partial charge is 0.497 e. The molecule has 0 aliphatic heterocycles. The molecule has 0 aliphatic carbocycles. The molecule has 1 heterocycles. The van der Waals surface area contributed by atoms with Crippen LogP contribution < -0.4 is 10.1 Å². The Morgan fingerprint density at radius 3 is 2.41 bits per heavy atom. The third-order valence-corrected chi connectivity index (χ3v) is 5.82. The molecule has 4 rings (SSSR count). The van der Waals surface area contributed by atoms with Crippen molar-refractivity contribution in [1.29, 1.82) is 0 Å². The Labute approximate surface area is 175 Å². The molecule has 146 valence electrons. The number of anilines is 1. The lowest BCUT2D eigenvalue weighted by Crippen LogP contribution is -2.07. The third-order valence-electron chi connectivity index (χ3n) is 4.74. The molecular formula is C24H23N3OS. The summed E-state index contributed by atoms with van der Waals surface area (Å²) >= 11 is 1.84. The van der Waals surface area contributed by atoms with Crippen LogP contribution in [0.3, 0.4) is 0 Å². The lowest BCUT2D eigenvalue weighted by Gasteiger charge is -2.09. The first-order valence-electron chi connectivity index (χ1n) is 9.60. The van der Waals surface area contributed by atoms with Crippen molar-refractivity contribution in [3.05, 3.63) is 90.3 Å². The number of fused-ring (bicyclic) bond motifs is 1. The summed E-state index contributed by atoms with van der Waals surface area (Å²) in [4.78, 5) is 9.97. The Balaban J connectivity index is 1.29. The van der Waals surface area contributed by atoms with E-state index in [0.29, 0.717) is 0 Å². The van der Waals surface area contributed by atoms with E-state index >= 15 is 0 Å². The van der Waals surface area contributed by atoms with Crippen molar-refractivity contribution in [2.45, 2.75) is 17.1 Å². The molecule has 0 fully saturated rings. The number of hydrogen-bond donors (Lipinski definition) is 1. The van der Waals surface area contributed by atoms with Gasteiger partial charge in [0.1, 0.15) is 17.9 Å². The highest BCUT2D eigenvalue weighted by atomic mass is 32.2. The minimum absolute atomic E-state index is 0.833. The van der Waals surface area contributed by atoms with Gasteiger partial charge in [0.2, 0.25) is 0 Å². The molecule has 3 aromatic carbocycles. The first-order valence-corrected chi connectivity index (χ1v) is 10.6.